The number of aryl methyl sites for hydroxylation is 1. The van der Waals surface area contributed by atoms with Crippen LogP contribution in [0, 0.1) is 0 Å². The highest BCUT2D eigenvalue weighted by Gasteiger charge is 2.19. The molecule has 0 fully saturated rings. The number of ether oxygens (including phenoxy) is 2. The largest absolute Gasteiger partial charge is 0.479 e. The molecule has 0 bridgehead atoms. The normalized spacial score (nSPS) is 12.6. The van der Waals surface area contributed by atoms with Crippen LogP contribution in [0.25, 0.3) is 0 Å². The summed E-state index contributed by atoms with van der Waals surface area (Å²) in [6, 6.07) is 29.3. The number of carbonyl (C=O) groups excluding carboxylic acids is 1. The van der Waals surface area contributed by atoms with E-state index in [1.807, 2.05) is 42.5 Å². The molecule has 2 unspecified atom stereocenters. The third-order valence-corrected chi connectivity index (χ3v) is 7.82. The van der Waals surface area contributed by atoms with Gasteiger partial charge in [-0.1, -0.05) is 66.7 Å². The smallest absolute Gasteiger partial charge is 0.347 e. The monoisotopic (exact) mass is 543 g/mol. The molecule has 0 saturated carbocycles. The predicted molar refractivity (Wildman–Crippen MR) is 154 cm³/mol. The van der Waals surface area contributed by atoms with Crippen LogP contribution in [0.3, 0.4) is 0 Å². The van der Waals surface area contributed by atoms with Gasteiger partial charge in [0, 0.05) is 28.3 Å². The fourth-order valence-electron chi connectivity index (χ4n) is 4.48. The summed E-state index contributed by atoms with van der Waals surface area (Å²) in [6.45, 7) is 3.64. The Balaban J connectivity index is 1.45. The molecule has 0 spiro atoms. The number of pyridine rings is 1. The quantitative estimate of drug-likeness (QED) is 0.234. The van der Waals surface area contributed by atoms with Crippen molar-refractivity contribution in [3.8, 4) is 5.75 Å². The average Bonchev–Trinajstić information content (AvgIpc) is 2.96. The second kappa shape index (κ2) is 13.7. The van der Waals surface area contributed by atoms with Crippen LogP contribution in [-0.4, -0.2) is 33.6 Å². The molecule has 0 radical (unpaired) electrons. The molecule has 0 amide bonds. The van der Waals surface area contributed by atoms with Crippen LogP contribution < -0.4 is 10.3 Å². The molecule has 3 aromatic carbocycles. The molecular weight excluding hydrogens is 510 g/mol. The standard InChI is InChI=1S/C32H33NO5S/c1-3-37-32(35)23(2)38-28-17-10-18-29(21-28)39(36)19-11-16-26-20-27(22-33-31(26)34)30(24-12-6-4-7-13-24)25-14-8-5-9-15-25/h4-10,12-15,17-18,20-23,30H,3,11,16,19H2,1-2H3,(H,33,34). The molecule has 2 atom stereocenters. The fourth-order valence-corrected chi connectivity index (χ4v) is 5.60. The van der Waals surface area contributed by atoms with Crippen LogP contribution >= 0.6 is 0 Å². The van der Waals surface area contributed by atoms with Gasteiger partial charge in [-0.25, -0.2) is 4.79 Å². The van der Waals surface area contributed by atoms with Gasteiger partial charge in [0.1, 0.15) is 5.75 Å². The van der Waals surface area contributed by atoms with Gasteiger partial charge in [-0.2, -0.15) is 0 Å². The first-order valence-corrected chi connectivity index (χ1v) is 14.4. The van der Waals surface area contributed by atoms with E-state index in [0.717, 1.165) is 16.7 Å². The van der Waals surface area contributed by atoms with Crippen LogP contribution in [-0.2, 0) is 26.8 Å². The van der Waals surface area contributed by atoms with Crippen molar-refractivity contribution >= 4 is 16.8 Å². The second-order valence-corrected chi connectivity index (χ2v) is 10.8. The lowest BCUT2D eigenvalue weighted by molar-refractivity contribution is -0.150. The molecule has 1 aromatic heterocycles. The molecule has 1 heterocycles. The van der Waals surface area contributed by atoms with Crippen molar-refractivity contribution in [2.45, 2.75) is 43.6 Å². The van der Waals surface area contributed by atoms with E-state index in [9.17, 15) is 13.8 Å². The highest BCUT2D eigenvalue weighted by atomic mass is 32.2. The van der Waals surface area contributed by atoms with Crippen LogP contribution in [0.15, 0.2) is 107 Å². The molecule has 7 heteroatoms. The molecule has 202 valence electrons. The molecule has 0 aliphatic rings. The van der Waals surface area contributed by atoms with Gasteiger partial charge in [-0.05, 0) is 67.6 Å². The lowest BCUT2D eigenvalue weighted by Gasteiger charge is -2.19. The van der Waals surface area contributed by atoms with Crippen molar-refractivity contribution in [1.82, 2.24) is 4.98 Å². The molecule has 0 saturated heterocycles. The van der Waals surface area contributed by atoms with Gasteiger partial charge in [0.2, 0.25) is 0 Å². The van der Waals surface area contributed by atoms with Crippen molar-refractivity contribution in [3.05, 3.63) is 130 Å². The minimum Gasteiger partial charge on any atom is -0.479 e. The number of nitrogens with one attached hydrogen (secondary N) is 1. The van der Waals surface area contributed by atoms with Gasteiger partial charge < -0.3 is 14.5 Å². The van der Waals surface area contributed by atoms with Crippen LogP contribution in [0.1, 0.15) is 48.4 Å². The molecule has 1 N–H and O–H groups in total. The lowest BCUT2D eigenvalue weighted by atomic mass is 9.85. The Morgan fingerprint density at radius 1 is 0.897 bits per heavy atom. The van der Waals surface area contributed by atoms with Gasteiger partial charge in [-0.15, -0.1) is 0 Å². The maximum atomic E-state index is 13.0. The molecule has 4 rings (SSSR count). The van der Waals surface area contributed by atoms with Crippen LogP contribution in [0.5, 0.6) is 5.75 Å². The minimum absolute atomic E-state index is 0.0168. The molecule has 0 aliphatic carbocycles. The number of hydrogen-bond acceptors (Lipinski definition) is 5. The summed E-state index contributed by atoms with van der Waals surface area (Å²) in [6.07, 6.45) is 2.10. The van der Waals surface area contributed by atoms with E-state index in [2.05, 4.69) is 29.2 Å². The van der Waals surface area contributed by atoms with Crippen LogP contribution in [0.2, 0.25) is 0 Å². The summed E-state index contributed by atoms with van der Waals surface area (Å²) in [5.41, 5.74) is 3.82. The van der Waals surface area contributed by atoms with Gasteiger partial charge in [0.25, 0.3) is 5.56 Å². The zero-order valence-corrected chi connectivity index (χ0v) is 23.0. The summed E-state index contributed by atoms with van der Waals surface area (Å²) < 4.78 is 23.7. The second-order valence-electron chi connectivity index (χ2n) is 9.18. The lowest BCUT2D eigenvalue weighted by Crippen LogP contribution is -2.26. The summed E-state index contributed by atoms with van der Waals surface area (Å²) in [5, 5.41) is 0. The zero-order chi connectivity index (χ0) is 27.6. The van der Waals surface area contributed by atoms with Gasteiger partial charge in [0.15, 0.2) is 6.10 Å². The summed E-state index contributed by atoms with van der Waals surface area (Å²) >= 11 is 0. The SMILES string of the molecule is CCOC(=O)C(C)Oc1cccc(S(=O)CCCc2cc(C(c3ccccc3)c3ccccc3)c[nH]c2=O)c1. The van der Waals surface area contributed by atoms with Gasteiger partial charge in [-0.3, -0.25) is 9.00 Å². The number of benzene rings is 3. The maximum absolute atomic E-state index is 13.0. The first-order chi connectivity index (χ1) is 19.0. The Labute approximate surface area is 231 Å². The molecule has 4 aromatic rings. The zero-order valence-electron chi connectivity index (χ0n) is 22.2. The van der Waals surface area contributed by atoms with Crippen molar-refractivity contribution in [2.75, 3.05) is 12.4 Å². The van der Waals surface area contributed by atoms with Gasteiger partial charge >= 0.3 is 5.97 Å². The van der Waals surface area contributed by atoms with E-state index >= 15 is 0 Å². The Bertz CT molecular complexity index is 1410. The topological polar surface area (TPSA) is 85.5 Å². The molecule has 6 nitrogen and oxygen atoms in total. The number of aromatic amines is 1. The summed E-state index contributed by atoms with van der Waals surface area (Å²) in [7, 11) is -1.28. The first-order valence-electron chi connectivity index (χ1n) is 13.1. The van der Waals surface area contributed by atoms with E-state index in [1.165, 1.54) is 0 Å². The third kappa shape index (κ3) is 7.54. The number of H-pyrrole nitrogens is 1. The maximum Gasteiger partial charge on any atom is 0.347 e. The summed E-state index contributed by atoms with van der Waals surface area (Å²) in [4.78, 5) is 28.1. The molecule has 39 heavy (non-hydrogen) atoms. The molecular formula is C32H33NO5S. The number of hydrogen-bond donors (Lipinski definition) is 1. The predicted octanol–water partition coefficient (Wildman–Crippen LogP) is 5.63. The van der Waals surface area contributed by atoms with E-state index in [1.54, 1.807) is 44.3 Å². The Hall–Kier alpha value is -3.97. The Kier molecular flexibility index (Phi) is 9.86. The number of esters is 1. The van der Waals surface area contributed by atoms with Crippen molar-refractivity contribution in [2.24, 2.45) is 0 Å². The summed E-state index contributed by atoms with van der Waals surface area (Å²) in [5.74, 6) is 0.384. The molecule has 0 aliphatic heterocycles. The van der Waals surface area contributed by atoms with Gasteiger partial charge in [0.05, 0.1) is 17.4 Å². The minimum atomic E-state index is -1.28. The van der Waals surface area contributed by atoms with E-state index < -0.39 is 22.9 Å². The first kappa shape index (κ1) is 28.0. The van der Waals surface area contributed by atoms with E-state index in [-0.39, 0.29) is 18.1 Å². The van der Waals surface area contributed by atoms with E-state index in [0.29, 0.717) is 34.8 Å². The third-order valence-electron chi connectivity index (χ3n) is 6.38. The van der Waals surface area contributed by atoms with Crippen LogP contribution in [0.4, 0.5) is 0 Å². The number of aromatic nitrogens is 1. The number of carbonyl (C=O) groups is 1. The Morgan fingerprint density at radius 3 is 2.21 bits per heavy atom. The Morgan fingerprint density at radius 2 is 1.56 bits per heavy atom. The van der Waals surface area contributed by atoms with E-state index in [4.69, 9.17) is 9.47 Å². The van der Waals surface area contributed by atoms with Crippen molar-refractivity contribution in [3.63, 3.8) is 0 Å². The van der Waals surface area contributed by atoms with Crippen molar-refractivity contribution in [1.29, 1.82) is 0 Å². The highest BCUT2D eigenvalue weighted by molar-refractivity contribution is 7.85. The fraction of sp³-hybridized carbons (Fsp3) is 0.250. The average molecular weight is 544 g/mol. The number of rotatable bonds is 12. The van der Waals surface area contributed by atoms with Crippen molar-refractivity contribution < 1.29 is 18.5 Å². The highest BCUT2D eigenvalue weighted by Crippen LogP contribution is 2.31.